The second kappa shape index (κ2) is 8.47. The summed E-state index contributed by atoms with van der Waals surface area (Å²) in [6, 6.07) is 5.26. The molecule has 7 heteroatoms. The average molecular weight is 386 g/mol. The molecule has 5 nitrogen and oxygen atoms in total. The van der Waals surface area contributed by atoms with Crippen LogP contribution in [-0.4, -0.2) is 57.4 Å². The maximum atomic E-state index is 6.10. The highest BCUT2D eigenvalue weighted by Gasteiger charge is 2.42. The maximum Gasteiger partial charge on any atom is 0.193 e. The SMILES string of the molecule is CN=C(NCCCOc1ccc(Cl)cc1Cl)N1CCC2(CCOC2)C1. The molecule has 0 aliphatic carbocycles. The fraction of sp³-hybridized carbons (Fsp3) is 0.611. The molecule has 0 amide bonds. The van der Waals surface area contributed by atoms with E-state index in [0.717, 1.165) is 51.6 Å². The molecule has 1 unspecified atom stereocenters. The minimum absolute atomic E-state index is 0.339. The van der Waals surface area contributed by atoms with E-state index in [4.69, 9.17) is 32.7 Å². The molecule has 1 atom stereocenters. The molecule has 3 rings (SSSR count). The molecule has 0 bridgehead atoms. The summed E-state index contributed by atoms with van der Waals surface area (Å²) >= 11 is 12.0. The van der Waals surface area contributed by atoms with Crippen molar-refractivity contribution in [2.24, 2.45) is 10.4 Å². The third kappa shape index (κ3) is 4.72. The Balaban J connectivity index is 1.39. The molecule has 2 heterocycles. The molecule has 2 aliphatic heterocycles. The fourth-order valence-electron chi connectivity index (χ4n) is 3.47. The summed E-state index contributed by atoms with van der Waals surface area (Å²) in [5, 5.41) is 4.58. The van der Waals surface area contributed by atoms with Crippen molar-refractivity contribution >= 4 is 29.2 Å². The summed E-state index contributed by atoms with van der Waals surface area (Å²) in [4.78, 5) is 6.76. The molecule has 1 N–H and O–H groups in total. The molecule has 2 fully saturated rings. The molecule has 0 aromatic heterocycles. The van der Waals surface area contributed by atoms with Crippen LogP contribution in [0.3, 0.4) is 0 Å². The first kappa shape index (κ1) is 18.6. The Kier molecular flexibility index (Phi) is 6.31. The Morgan fingerprint density at radius 2 is 2.28 bits per heavy atom. The first-order valence-corrected chi connectivity index (χ1v) is 9.49. The molecule has 1 aromatic rings. The van der Waals surface area contributed by atoms with E-state index in [2.05, 4.69) is 15.2 Å². The van der Waals surface area contributed by atoms with Gasteiger partial charge < -0.3 is 19.7 Å². The van der Waals surface area contributed by atoms with Gasteiger partial charge in [0.25, 0.3) is 0 Å². The van der Waals surface area contributed by atoms with E-state index in [-0.39, 0.29) is 0 Å². The van der Waals surface area contributed by atoms with Gasteiger partial charge >= 0.3 is 0 Å². The van der Waals surface area contributed by atoms with Crippen LogP contribution in [0.2, 0.25) is 10.0 Å². The average Bonchev–Trinajstić information content (AvgIpc) is 3.23. The van der Waals surface area contributed by atoms with Crippen LogP contribution in [0.25, 0.3) is 0 Å². The summed E-state index contributed by atoms with van der Waals surface area (Å²) in [7, 11) is 1.84. The van der Waals surface area contributed by atoms with Gasteiger partial charge in [0.1, 0.15) is 5.75 Å². The molecule has 25 heavy (non-hydrogen) atoms. The quantitative estimate of drug-likeness (QED) is 0.478. The number of guanidine groups is 1. The van der Waals surface area contributed by atoms with Crippen LogP contribution in [0.4, 0.5) is 0 Å². The number of aliphatic imine (C=N–C) groups is 1. The van der Waals surface area contributed by atoms with Gasteiger partial charge in [-0.1, -0.05) is 23.2 Å². The van der Waals surface area contributed by atoms with Crippen LogP contribution in [0, 0.1) is 5.41 Å². The summed E-state index contributed by atoms with van der Waals surface area (Å²) in [6.07, 6.45) is 3.21. The van der Waals surface area contributed by atoms with Crippen molar-refractivity contribution in [2.45, 2.75) is 19.3 Å². The van der Waals surface area contributed by atoms with Crippen LogP contribution in [0.15, 0.2) is 23.2 Å². The van der Waals surface area contributed by atoms with Crippen molar-refractivity contribution in [1.29, 1.82) is 0 Å². The summed E-state index contributed by atoms with van der Waals surface area (Å²) in [5.41, 5.74) is 0.339. The predicted molar refractivity (Wildman–Crippen MR) is 102 cm³/mol. The second-order valence-corrected chi connectivity index (χ2v) is 7.57. The Morgan fingerprint density at radius 3 is 3.00 bits per heavy atom. The van der Waals surface area contributed by atoms with Crippen molar-refractivity contribution in [3.05, 3.63) is 28.2 Å². The number of halogens is 2. The number of hydrogen-bond donors (Lipinski definition) is 1. The highest BCUT2D eigenvalue weighted by molar-refractivity contribution is 6.35. The molecule has 138 valence electrons. The van der Waals surface area contributed by atoms with Crippen molar-refractivity contribution in [1.82, 2.24) is 10.2 Å². The molecule has 2 aliphatic rings. The number of rotatable bonds is 5. The van der Waals surface area contributed by atoms with Gasteiger partial charge in [-0.05, 0) is 37.5 Å². The Labute approximate surface area is 159 Å². The third-order valence-corrected chi connectivity index (χ3v) is 5.42. The second-order valence-electron chi connectivity index (χ2n) is 6.72. The van der Waals surface area contributed by atoms with Gasteiger partial charge in [0, 0.05) is 43.7 Å². The lowest BCUT2D eigenvalue weighted by Crippen LogP contribution is -2.42. The van der Waals surface area contributed by atoms with Gasteiger partial charge in [-0.3, -0.25) is 4.99 Å². The zero-order chi connectivity index (χ0) is 17.7. The van der Waals surface area contributed by atoms with Gasteiger partial charge in [-0.25, -0.2) is 0 Å². The van der Waals surface area contributed by atoms with Gasteiger partial charge in [0.05, 0.1) is 18.2 Å². The minimum atomic E-state index is 0.339. The lowest BCUT2D eigenvalue weighted by Gasteiger charge is -2.25. The highest BCUT2D eigenvalue weighted by atomic mass is 35.5. The van der Waals surface area contributed by atoms with Crippen LogP contribution in [0.1, 0.15) is 19.3 Å². The van der Waals surface area contributed by atoms with Crippen LogP contribution in [0.5, 0.6) is 5.75 Å². The smallest absolute Gasteiger partial charge is 0.193 e. The van der Waals surface area contributed by atoms with E-state index in [1.54, 1.807) is 18.2 Å². The number of hydrogen-bond acceptors (Lipinski definition) is 3. The van der Waals surface area contributed by atoms with Crippen molar-refractivity contribution in [2.75, 3.05) is 46.5 Å². The number of ether oxygens (including phenoxy) is 2. The Bertz CT molecular complexity index is 618. The molecular formula is C18H25Cl2N3O2. The molecule has 2 saturated heterocycles. The van der Waals surface area contributed by atoms with Gasteiger partial charge in [0.2, 0.25) is 0 Å². The molecule has 1 spiro atoms. The number of nitrogens with one attached hydrogen (secondary N) is 1. The highest BCUT2D eigenvalue weighted by Crippen LogP contribution is 2.38. The maximum absolute atomic E-state index is 6.10. The summed E-state index contributed by atoms with van der Waals surface area (Å²) < 4.78 is 11.3. The summed E-state index contributed by atoms with van der Waals surface area (Å²) in [6.45, 7) is 5.24. The number of nitrogens with zero attached hydrogens (tertiary/aromatic N) is 2. The third-order valence-electron chi connectivity index (χ3n) is 4.89. The van der Waals surface area contributed by atoms with E-state index < -0.39 is 0 Å². The van der Waals surface area contributed by atoms with Crippen LogP contribution in [-0.2, 0) is 4.74 Å². The number of benzene rings is 1. The lowest BCUT2D eigenvalue weighted by atomic mass is 9.87. The summed E-state index contributed by atoms with van der Waals surface area (Å²) in [5.74, 6) is 1.63. The Morgan fingerprint density at radius 1 is 1.40 bits per heavy atom. The molecular weight excluding hydrogens is 361 g/mol. The minimum Gasteiger partial charge on any atom is -0.492 e. The van der Waals surface area contributed by atoms with E-state index >= 15 is 0 Å². The monoisotopic (exact) mass is 385 g/mol. The topological polar surface area (TPSA) is 46.1 Å². The normalized spacial score (nSPS) is 23.5. The Hall–Kier alpha value is -1.17. The first-order valence-electron chi connectivity index (χ1n) is 8.73. The molecule has 1 aromatic carbocycles. The van der Waals surface area contributed by atoms with E-state index in [9.17, 15) is 0 Å². The van der Waals surface area contributed by atoms with Crippen molar-refractivity contribution in [3.8, 4) is 5.75 Å². The molecule has 0 saturated carbocycles. The predicted octanol–water partition coefficient (Wildman–Crippen LogP) is 3.45. The fourth-order valence-corrected chi connectivity index (χ4v) is 3.93. The standard InChI is InChI=1S/C18H25Cl2N3O2/c1-21-17(23-8-5-18(12-23)6-10-24-13-18)22-7-2-9-25-16-4-3-14(19)11-15(16)20/h3-4,11H,2,5-10,12-13H2,1H3,(H,21,22). The zero-order valence-corrected chi connectivity index (χ0v) is 16.1. The van der Waals surface area contributed by atoms with E-state index in [0.29, 0.717) is 27.8 Å². The first-order chi connectivity index (χ1) is 12.1. The van der Waals surface area contributed by atoms with E-state index in [1.807, 2.05) is 7.05 Å². The van der Waals surface area contributed by atoms with Crippen molar-refractivity contribution in [3.63, 3.8) is 0 Å². The van der Waals surface area contributed by atoms with Crippen molar-refractivity contribution < 1.29 is 9.47 Å². The molecule has 0 radical (unpaired) electrons. The van der Waals surface area contributed by atoms with Crippen LogP contribution >= 0.6 is 23.2 Å². The zero-order valence-electron chi connectivity index (χ0n) is 14.6. The van der Waals surface area contributed by atoms with E-state index in [1.165, 1.54) is 6.42 Å². The largest absolute Gasteiger partial charge is 0.492 e. The van der Waals surface area contributed by atoms with Gasteiger partial charge in [-0.15, -0.1) is 0 Å². The number of likely N-dealkylation sites (tertiary alicyclic amines) is 1. The van der Waals surface area contributed by atoms with Crippen LogP contribution < -0.4 is 10.1 Å². The van der Waals surface area contributed by atoms with Gasteiger partial charge in [0.15, 0.2) is 5.96 Å². The van der Waals surface area contributed by atoms with Gasteiger partial charge in [-0.2, -0.15) is 0 Å². The lowest BCUT2D eigenvalue weighted by molar-refractivity contribution is 0.156.